The molecule has 0 saturated heterocycles. The number of hydrogen-bond acceptors (Lipinski definition) is 6. The number of H-pyrrole nitrogens is 2. The number of nitrogens with zero attached hydrogens (tertiary/aromatic N) is 4. The van der Waals surface area contributed by atoms with Gasteiger partial charge in [0, 0.05) is 35.3 Å². The van der Waals surface area contributed by atoms with E-state index in [0.717, 1.165) is 93.8 Å². The monoisotopic (exact) mass is 446 g/mol. The molecule has 166 valence electrons. The Morgan fingerprint density at radius 1 is 0.529 bits per heavy atom. The fraction of sp³-hybridized carbons (Fsp3) is 0.154. The zero-order chi connectivity index (χ0) is 22.5. The number of amidine groups is 2. The van der Waals surface area contributed by atoms with Crippen LogP contribution in [0.5, 0.6) is 0 Å². The number of rotatable bonds is 4. The summed E-state index contributed by atoms with van der Waals surface area (Å²) in [4.78, 5) is 25.5. The summed E-state index contributed by atoms with van der Waals surface area (Å²) in [6, 6.07) is 20.7. The first kappa shape index (κ1) is 19.0. The molecule has 0 aliphatic carbocycles. The Balaban J connectivity index is 1.18. The number of benzene rings is 3. The second-order valence-corrected chi connectivity index (χ2v) is 8.53. The topological polar surface area (TPSA) is 106 Å². The van der Waals surface area contributed by atoms with Crippen molar-refractivity contribution in [1.82, 2.24) is 30.6 Å². The molecular weight excluding hydrogens is 424 g/mol. The van der Waals surface area contributed by atoms with Crippen LogP contribution in [0, 0.1) is 0 Å². The van der Waals surface area contributed by atoms with E-state index in [1.807, 2.05) is 12.1 Å². The predicted octanol–water partition coefficient (Wildman–Crippen LogP) is 3.47. The molecule has 0 amide bonds. The molecule has 0 bridgehead atoms. The molecule has 0 fully saturated rings. The molecule has 0 spiro atoms. The Hall–Kier alpha value is -4.46. The maximum Gasteiger partial charge on any atom is 0.138 e. The average Bonchev–Trinajstić information content (AvgIpc) is 3.69. The minimum atomic E-state index is 0.826. The highest BCUT2D eigenvalue weighted by Crippen LogP contribution is 2.26. The third kappa shape index (κ3) is 3.23. The van der Waals surface area contributed by atoms with Crippen molar-refractivity contribution in [3.63, 3.8) is 0 Å². The number of fused-ring (bicyclic) bond motifs is 2. The maximum absolute atomic E-state index is 4.78. The van der Waals surface area contributed by atoms with Gasteiger partial charge >= 0.3 is 0 Å². The van der Waals surface area contributed by atoms with Crippen LogP contribution in [-0.4, -0.2) is 57.8 Å². The highest BCUT2D eigenvalue weighted by Gasteiger charge is 2.13. The van der Waals surface area contributed by atoms with E-state index in [1.165, 1.54) is 0 Å². The Bertz CT molecular complexity index is 1480. The van der Waals surface area contributed by atoms with Crippen LogP contribution >= 0.6 is 0 Å². The molecule has 4 heterocycles. The van der Waals surface area contributed by atoms with Gasteiger partial charge in [-0.15, -0.1) is 0 Å². The van der Waals surface area contributed by atoms with Gasteiger partial charge in [0.2, 0.25) is 0 Å². The Morgan fingerprint density at radius 2 is 0.971 bits per heavy atom. The maximum atomic E-state index is 4.78. The average molecular weight is 447 g/mol. The third-order valence-corrected chi connectivity index (χ3v) is 6.29. The highest BCUT2D eigenvalue weighted by atomic mass is 15.1. The lowest BCUT2D eigenvalue weighted by atomic mass is 10.1. The summed E-state index contributed by atoms with van der Waals surface area (Å²) >= 11 is 0. The van der Waals surface area contributed by atoms with Gasteiger partial charge in [-0.25, -0.2) is 9.97 Å². The fourth-order valence-electron chi connectivity index (χ4n) is 4.56. The summed E-state index contributed by atoms with van der Waals surface area (Å²) in [6.07, 6.45) is 0. The van der Waals surface area contributed by atoms with Crippen molar-refractivity contribution in [3.8, 4) is 22.8 Å². The van der Waals surface area contributed by atoms with Crippen LogP contribution < -0.4 is 10.6 Å². The largest absolute Gasteiger partial charge is 0.368 e. The first-order valence-corrected chi connectivity index (χ1v) is 11.5. The van der Waals surface area contributed by atoms with Crippen LogP contribution in [0.4, 0.5) is 0 Å². The molecule has 3 aromatic carbocycles. The van der Waals surface area contributed by atoms with Crippen LogP contribution in [0.2, 0.25) is 0 Å². The summed E-state index contributed by atoms with van der Waals surface area (Å²) in [5.41, 5.74) is 8.11. The molecule has 34 heavy (non-hydrogen) atoms. The second-order valence-electron chi connectivity index (χ2n) is 8.53. The standard InChI is InChI=1S/C26H22N8/c1-2-16(26-32-20-8-6-18(14-22(20)34-26)24-29-11-12-30-24)4-3-15(1)25-31-19-7-5-17(13-21(19)33-25)23-27-9-10-28-23/h1-8,13-14H,9-12H2,(H,27,28)(H,29,30)(H,31,33)(H,32,34). The predicted molar refractivity (Wildman–Crippen MR) is 135 cm³/mol. The quantitative estimate of drug-likeness (QED) is 0.339. The van der Waals surface area contributed by atoms with Crippen molar-refractivity contribution in [2.45, 2.75) is 0 Å². The molecule has 0 saturated carbocycles. The van der Waals surface area contributed by atoms with Gasteiger partial charge in [0.1, 0.15) is 23.3 Å². The van der Waals surface area contributed by atoms with Crippen molar-refractivity contribution in [3.05, 3.63) is 71.8 Å². The Morgan fingerprint density at radius 3 is 1.38 bits per heavy atom. The van der Waals surface area contributed by atoms with Gasteiger partial charge < -0.3 is 20.6 Å². The molecule has 0 radical (unpaired) electrons. The van der Waals surface area contributed by atoms with Gasteiger partial charge in [-0.2, -0.15) is 0 Å². The number of aromatic amines is 2. The van der Waals surface area contributed by atoms with Crippen LogP contribution in [0.15, 0.2) is 70.6 Å². The van der Waals surface area contributed by atoms with Crippen molar-refractivity contribution in [2.24, 2.45) is 9.98 Å². The lowest BCUT2D eigenvalue weighted by Gasteiger charge is -2.01. The van der Waals surface area contributed by atoms with E-state index in [4.69, 9.17) is 9.97 Å². The van der Waals surface area contributed by atoms with Gasteiger partial charge in [0.15, 0.2) is 0 Å². The van der Waals surface area contributed by atoms with E-state index < -0.39 is 0 Å². The van der Waals surface area contributed by atoms with Crippen molar-refractivity contribution in [1.29, 1.82) is 0 Å². The van der Waals surface area contributed by atoms with Gasteiger partial charge in [-0.1, -0.05) is 24.3 Å². The summed E-state index contributed by atoms with van der Waals surface area (Å²) in [7, 11) is 0. The Kier molecular flexibility index (Phi) is 4.23. The van der Waals surface area contributed by atoms with Crippen LogP contribution in [0.1, 0.15) is 11.1 Å². The van der Waals surface area contributed by atoms with E-state index in [0.29, 0.717) is 0 Å². The number of imidazole rings is 2. The minimum Gasteiger partial charge on any atom is -0.368 e. The molecule has 2 aromatic heterocycles. The highest BCUT2D eigenvalue weighted by molar-refractivity contribution is 6.03. The first-order chi connectivity index (χ1) is 16.8. The first-order valence-electron chi connectivity index (χ1n) is 11.5. The second kappa shape index (κ2) is 7.55. The summed E-state index contributed by atoms with van der Waals surface area (Å²) < 4.78 is 0. The summed E-state index contributed by atoms with van der Waals surface area (Å²) in [5, 5.41) is 6.64. The zero-order valence-corrected chi connectivity index (χ0v) is 18.4. The number of aliphatic imine (C=N–C) groups is 2. The number of aromatic nitrogens is 4. The molecule has 2 aliphatic heterocycles. The zero-order valence-electron chi connectivity index (χ0n) is 18.4. The number of hydrogen-bond donors (Lipinski definition) is 4. The van der Waals surface area contributed by atoms with Gasteiger partial charge in [-0.3, -0.25) is 9.98 Å². The van der Waals surface area contributed by atoms with Gasteiger partial charge in [-0.05, 0) is 36.4 Å². The lowest BCUT2D eigenvalue weighted by Crippen LogP contribution is -2.19. The van der Waals surface area contributed by atoms with Gasteiger partial charge in [0.05, 0.1) is 35.2 Å². The van der Waals surface area contributed by atoms with E-state index in [-0.39, 0.29) is 0 Å². The van der Waals surface area contributed by atoms with Crippen LogP contribution in [0.25, 0.3) is 44.8 Å². The number of nitrogens with one attached hydrogen (secondary N) is 4. The third-order valence-electron chi connectivity index (χ3n) is 6.29. The van der Waals surface area contributed by atoms with E-state index in [1.54, 1.807) is 0 Å². The molecule has 8 heteroatoms. The summed E-state index contributed by atoms with van der Waals surface area (Å²) in [6.45, 7) is 3.44. The molecule has 2 aliphatic rings. The smallest absolute Gasteiger partial charge is 0.138 e. The SMILES string of the molecule is c1cc2nc(-c3ccc(-c4nc5ccc(C6=NCCN6)cc5[nH]4)cc3)[nH]c2cc1C1=NCCN1. The minimum absolute atomic E-state index is 0.826. The molecule has 5 aromatic rings. The molecule has 8 nitrogen and oxygen atoms in total. The summed E-state index contributed by atoms with van der Waals surface area (Å²) in [5.74, 6) is 3.60. The van der Waals surface area contributed by atoms with E-state index >= 15 is 0 Å². The van der Waals surface area contributed by atoms with E-state index in [9.17, 15) is 0 Å². The van der Waals surface area contributed by atoms with E-state index in [2.05, 4.69) is 79.1 Å². The lowest BCUT2D eigenvalue weighted by molar-refractivity contribution is 0.960. The molecular formula is C26H22N8. The van der Waals surface area contributed by atoms with Crippen LogP contribution in [0.3, 0.4) is 0 Å². The molecule has 0 atom stereocenters. The Labute approximate surface area is 195 Å². The van der Waals surface area contributed by atoms with Crippen molar-refractivity contribution < 1.29 is 0 Å². The molecule has 4 N–H and O–H groups in total. The normalized spacial score (nSPS) is 15.4. The molecule has 0 unspecified atom stereocenters. The molecule has 7 rings (SSSR count). The van der Waals surface area contributed by atoms with Crippen molar-refractivity contribution in [2.75, 3.05) is 26.2 Å². The fourth-order valence-corrected chi connectivity index (χ4v) is 4.56. The van der Waals surface area contributed by atoms with Gasteiger partial charge in [0.25, 0.3) is 0 Å². The van der Waals surface area contributed by atoms with Crippen LogP contribution in [-0.2, 0) is 0 Å². The van der Waals surface area contributed by atoms with Crippen molar-refractivity contribution >= 4 is 33.7 Å².